The smallest absolute Gasteiger partial charge is 0.0741 e. The number of aliphatic hydroxyl groups is 1. The molecule has 86 valence electrons. The number of hydrogen-bond donors (Lipinski definition) is 2. The number of hydrogen-bond acceptors (Lipinski definition) is 2. The number of nitrogens with one attached hydrogen (secondary N) is 1. The highest BCUT2D eigenvalue weighted by atomic mass is 16.3. The van der Waals surface area contributed by atoms with Gasteiger partial charge in [-0.3, -0.25) is 0 Å². The van der Waals surface area contributed by atoms with Crippen LogP contribution in [0.15, 0.2) is 30.3 Å². The Bertz CT molecular complexity index is 359. The molecule has 0 aromatic heterocycles. The van der Waals surface area contributed by atoms with Crippen molar-refractivity contribution in [1.29, 1.82) is 0 Å². The van der Waals surface area contributed by atoms with Crippen molar-refractivity contribution in [3.8, 4) is 11.8 Å². The lowest BCUT2D eigenvalue weighted by Gasteiger charge is -2.20. The van der Waals surface area contributed by atoms with E-state index in [-0.39, 0.29) is 0 Å². The van der Waals surface area contributed by atoms with E-state index in [1.54, 1.807) is 0 Å². The fourth-order valence-corrected chi connectivity index (χ4v) is 1.19. The Kier molecular flexibility index (Phi) is 5.04. The molecular formula is C14H19NO. The first-order chi connectivity index (χ1) is 7.64. The minimum atomic E-state index is -0.631. The Balaban J connectivity index is 2.29. The van der Waals surface area contributed by atoms with Crippen molar-refractivity contribution in [1.82, 2.24) is 5.32 Å². The zero-order valence-corrected chi connectivity index (χ0v) is 9.96. The molecule has 0 heterocycles. The normalized spacial score (nSPS) is 13.7. The van der Waals surface area contributed by atoms with Gasteiger partial charge in [-0.1, -0.05) is 37.0 Å². The third kappa shape index (κ3) is 4.97. The molecule has 0 fully saturated rings. The van der Waals surface area contributed by atoms with Crippen molar-refractivity contribution in [2.24, 2.45) is 0 Å². The topological polar surface area (TPSA) is 32.3 Å². The molecule has 0 aliphatic carbocycles. The van der Waals surface area contributed by atoms with Crippen LogP contribution in [0.25, 0.3) is 0 Å². The Hall–Kier alpha value is -1.30. The fraction of sp³-hybridized carbons (Fsp3) is 0.429. The maximum Gasteiger partial charge on any atom is 0.0741 e. The van der Waals surface area contributed by atoms with Crippen LogP contribution in [0.4, 0.5) is 0 Å². The van der Waals surface area contributed by atoms with E-state index in [1.165, 1.54) is 0 Å². The fourth-order valence-electron chi connectivity index (χ4n) is 1.19. The van der Waals surface area contributed by atoms with E-state index in [1.807, 2.05) is 44.2 Å². The third-order valence-electron chi connectivity index (χ3n) is 2.49. The van der Waals surface area contributed by atoms with Crippen LogP contribution in [0.5, 0.6) is 0 Å². The van der Waals surface area contributed by atoms with Gasteiger partial charge in [0.2, 0.25) is 0 Å². The second-order valence-corrected chi connectivity index (χ2v) is 4.12. The summed E-state index contributed by atoms with van der Waals surface area (Å²) in [6, 6.07) is 9.88. The summed E-state index contributed by atoms with van der Waals surface area (Å²) in [7, 11) is 0. The largest absolute Gasteiger partial charge is 0.389 e. The van der Waals surface area contributed by atoms with E-state index in [0.29, 0.717) is 13.1 Å². The molecule has 0 aliphatic rings. The average Bonchev–Trinajstić information content (AvgIpc) is 2.30. The molecule has 0 amide bonds. The van der Waals surface area contributed by atoms with Crippen LogP contribution >= 0.6 is 0 Å². The lowest BCUT2D eigenvalue weighted by molar-refractivity contribution is 0.0570. The van der Waals surface area contributed by atoms with Gasteiger partial charge in [0, 0.05) is 12.1 Å². The quantitative estimate of drug-likeness (QED) is 0.595. The standard InChI is InChI=1S/C14H19NO/c1-3-14(2,16)12-15-11-7-10-13-8-5-4-6-9-13/h4-6,8-9,15-16H,3,11-12H2,1-2H3. The minimum absolute atomic E-state index is 0.576. The van der Waals surface area contributed by atoms with Gasteiger partial charge in [0.1, 0.15) is 0 Å². The molecule has 1 rings (SSSR count). The molecule has 2 heteroatoms. The zero-order valence-electron chi connectivity index (χ0n) is 9.96. The summed E-state index contributed by atoms with van der Waals surface area (Å²) in [5, 5.41) is 12.9. The molecule has 0 saturated carbocycles. The predicted molar refractivity (Wildman–Crippen MR) is 67.1 cm³/mol. The van der Waals surface area contributed by atoms with Crippen molar-refractivity contribution in [2.75, 3.05) is 13.1 Å². The molecule has 0 bridgehead atoms. The van der Waals surface area contributed by atoms with E-state index < -0.39 is 5.60 Å². The molecule has 1 unspecified atom stereocenters. The highest BCUT2D eigenvalue weighted by molar-refractivity contribution is 5.33. The van der Waals surface area contributed by atoms with E-state index >= 15 is 0 Å². The van der Waals surface area contributed by atoms with Crippen molar-refractivity contribution >= 4 is 0 Å². The van der Waals surface area contributed by atoms with Crippen LogP contribution in [0.2, 0.25) is 0 Å². The summed E-state index contributed by atoms with van der Waals surface area (Å²) < 4.78 is 0. The van der Waals surface area contributed by atoms with Gasteiger partial charge in [-0.2, -0.15) is 0 Å². The molecule has 0 radical (unpaired) electrons. The monoisotopic (exact) mass is 217 g/mol. The van der Waals surface area contributed by atoms with Gasteiger partial charge < -0.3 is 10.4 Å². The van der Waals surface area contributed by atoms with Crippen LogP contribution < -0.4 is 5.32 Å². The van der Waals surface area contributed by atoms with Crippen LogP contribution in [-0.2, 0) is 0 Å². The van der Waals surface area contributed by atoms with Gasteiger partial charge in [-0.25, -0.2) is 0 Å². The van der Waals surface area contributed by atoms with Crippen LogP contribution in [0.3, 0.4) is 0 Å². The Morgan fingerprint density at radius 2 is 2.00 bits per heavy atom. The molecule has 1 aromatic carbocycles. The van der Waals surface area contributed by atoms with Crippen molar-refractivity contribution in [3.05, 3.63) is 35.9 Å². The van der Waals surface area contributed by atoms with Gasteiger partial charge >= 0.3 is 0 Å². The van der Waals surface area contributed by atoms with Crippen molar-refractivity contribution < 1.29 is 5.11 Å². The SMILES string of the molecule is CCC(C)(O)CNCC#Cc1ccccc1. The third-order valence-corrected chi connectivity index (χ3v) is 2.49. The lowest BCUT2D eigenvalue weighted by atomic mass is 10.0. The first-order valence-electron chi connectivity index (χ1n) is 5.61. The summed E-state index contributed by atoms with van der Waals surface area (Å²) in [6.45, 7) is 4.97. The number of rotatable bonds is 4. The van der Waals surface area contributed by atoms with E-state index in [0.717, 1.165) is 12.0 Å². The molecule has 1 atom stereocenters. The van der Waals surface area contributed by atoms with Crippen molar-refractivity contribution in [3.63, 3.8) is 0 Å². The summed E-state index contributed by atoms with van der Waals surface area (Å²) in [6.07, 6.45) is 0.742. The molecule has 16 heavy (non-hydrogen) atoms. The first kappa shape index (κ1) is 12.8. The second-order valence-electron chi connectivity index (χ2n) is 4.12. The van der Waals surface area contributed by atoms with Gasteiger partial charge in [0.05, 0.1) is 12.1 Å². The van der Waals surface area contributed by atoms with E-state index in [2.05, 4.69) is 17.2 Å². The van der Waals surface area contributed by atoms with Crippen LogP contribution in [0, 0.1) is 11.8 Å². The summed E-state index contributed by atoms with van der Waals surface area (Å²) in [5.74, 6) is 6.08. The molecule has 0 aliphatic heterocycles. The molecule has 1 aromatic rings. The second kappa shape index (κ2) is 6.32. The molecule has 0 saturated heterocycles. The zero-order chi connectivity index (χ0) is 11.9. The summed E-state index contributed by atoms with van der Waals surface area (Å²) in [5.41, 5.74) is 0.389. The van der Waals surface area contributed by atoms with Crippen molar-refractivity contribution in [2.45, 2.75) is 25.9 Å². The van der Waals surface area contributed by atoms with Gasteiger partial charge in [-0.05, 0) is 25.5 Å². The highest BCUT2D eigenvalue weighted by Gasteiger charge is 2.15. The van der Waals surface area contributed by atoms with Gasteiger partial charge in [-0.15, -0.1) is 0 Å². The minimum Gasteiger partial charge on any atom is -0.389 e. The van der Waals surface area contributed by atoms with Crippen LogP contribution in [-0.4, -0.2) is 23.8 Å². The Morgan fingerprint density at radius 1 is 1.31 bits per heavy atom. The first-order valence-corrected chi connectivity index (χ1v) is 5.61. The molecule has 2 N–H and O–H groups in total. The molecule has 2 nitrogen and oxygen atoms in total. The Labute approximate surface area is 97.7 Å². The molecular weight excluding hydrogens is 198 g/mol. The average molecular weight is 217 g/mol. The van der Waals surface area contributed by atoms with Crippen LogP contribution in [0.1, 0.15) is 25.8 Å². The maximum absolute atomic E-state index is 9.73. The lowest BCUT2D eigenvalue weighted by Crippen LogP contribution is -2.37. The summed E-state index contributed by atoms with van der Waals surface area (Å²) in [4.78, 5) is 0. The van der Waals surface area contributed by atoms with E-state index in [9.17, 15) is 5.11 Å². The predicted octanol–water partition coefficient (Wildman–Crippen LogP) is 1.79. The maximum atomic E-state index is 9.73. The Morgan fingerprint density at radius 3 is 2.62 bits per heavy atom. The highest BCUT2D eigenvalue weighted by Crippen LogP contribution is 2.05. The van der Waals surface area contributed by atoms with Gasteiger partial charge in [0.15, 0.2) is 0 Å². The van der Waals surface area contributed by atoms with Gasteiger partial charge in [0.25, 0.3) is 0 Å². The molecule has 0 spiro atoms. The summed E-state index contributed by atoms with van der Waals surface area (Å²) >= 11 is 0. The number of benzene rings is 1. The van der Waals surface area contributed by atoms with E-state index in [4.69, 9.17) is 0 Å².